The summed E-state index contributed by atoms with van der Waals surface area (Å²) in [6.07, 6.45) is 0.234. The SMILES string of the molecule is COc1ccc(CC(=O)Nc2nc(-c3c(C)cc(C)cc3C)cs2)cc1OC. The second-order valence-corrected chi connectivity index (χ2v) is 7.58. The average Bonchev–Trinajstić information content (AvgIpc) is 3.08. The fourth-order valence-corrected chi connectivity index (χ4v) is 4.09. The number of hydrogen-bond acceptors (Lipinski definition) is 5. The number of aromatic nitrogens is 1. The molecule has 1 N–H and O–H groups in total. The second kappa shape index (κ2) is 8.44. The Labute approximate surface area is 169 Å². The van der Waals surface area contributed by atoms with Crippen LogP contribution < -0.4 is 14.8 Å². The first-order chi connectivity index (χ1) is 13.4. The summed E-state index contributed by atoms with van der Waals surface area (Å²) in [5.74, 6) is 1.13. The van der Waals surface area contributed by atoms with Crippen molar-refractivity contribution in [1.82, 2.24) is 4.98 Å². The number of hydrogen-bond donors (Lipinski definition) is 1. The molecule has 0 saturated heterocycles. The maximum atomic E-state index is 12.4. The fourth-order valence-electron chi connectivity index (χ4n) is 3.37. The molecule has 0 spiro atoms. The van der Waals surface area contributed by atoms with Crippen molar-refractivity contribution in [1.29, 1.82) is 0 Å². The summed E-state index contributed by atoms with van der Waals surface area (Å²) in [4.78, 5) is 17.1. The zero-order chi connectivity index (χ0) is 20.3. The molecule has 3 aromatic rings. The molecule has 0 bridgehead atoms. The summed E-state index contributed by atoms with van der Waals surface area (Å²) in [6, 6.07) is 9.76. The van der Waals surface area contributed by atoms with Crippen LogP contribution in [-0.4, -0.2) is 25.1 Å². The Kier molecular flexibility index (Phi) is 5.99. The number of carbonyl (C=O) groups excluding carboxylic acids is 1. The van der Waals surface area contributed by atoms with Gasteiger partial charge in [0.05, 0.1) is 26.3 Å². The first-order valence-electron chi connectivity index (χ1n) is 8.95. The molecule has 0 atom stereocenters. The van der Waals surface area contributed by atoms with Crippen LogP contribution in [0.15, 0.2) is 35.7 Å². The van der Waals surface area contributed by atoms with E-state index in [4.69, 9.17) is 9.47 Å². The number of rotatable bonds is 6. The number of methoxy groups -OCH3 is 2. The van der Waals surface area contributed by atoms with Gasteiger partial charge in [0, 0.05) is 10.9 Å². The molecule has 28 heavy (non-hydrogen) atoms. The highest BCUT2D eigenvalue weighted by atomic mass is 32.1. The lowest BCUT2D eigenvalue weighted by Crippen LogP contribution is -2.14. The molecule has 1 heterocycles. The number of nitrogens with one attached hydrogen (secondary N) is 1. The Bertz CT molecular complexity index is 988. The number of thiazole rings is 1. The van der Waals surface area contributed by atoms with Crippen molar-refractivity contribution in [2.75, 3.05) is 19.5 Å². The Balaban J connectivity index is 1.73. The Morgan fingerprint density at radius 1 is 1.04 bits per heavy atom. The summed E-state index contributed by atoms with van der Waals surface area (Å²) in [7, 11) is 3.16. The van der Waals surface area contributed by atoms with E-state index >= 15 is 0 Å². The van der Waals surface area contributed by atoms with E-state index in [2.05, 4.69) is 43.2 Å². The predicted octanol–water partition coefficient (Wildman–Crippen LogP) is 4.93. The lowest BCUT2D eigenvalue weighted by molar-refractivity contribution is -0.115. The average molecular weight is 397 g/mol. The van der Waals surface area contributed by atoms with Crippen LogP contribution in [0.25, 0.3) is 11.3 Å². The molecule has 0 radical (unpaired) electrons. The molecule has 0 fully saturated rings. The molecule has 0 saturated carbocycles. The summed E-state index contributed by atoms with van der Waals surface area (Å²) in [5.41, 5.74) is 6.47. The number of nitrogens with zero attached hydrogens (tertiary/aromatic N) is 1. The van der Waals surface area contributed by atoms with Crippen molar-refractivity contribution < 1.29 is 14.3 Å². The van der Waals surface area contributed by atoms with E-state index in [9.17, 15) is 4.79 Å². The van der Waals surface area contributed by atoms with Crippen molar-refractivity contribution in [3.63, 3.8) is 0 Å². The number of anilines is 1. The van der Waals surface area contributed by atoms with Gasteiger partial charge in [0.2, 0.25) is 5.91 Å². The van der Waals surface area contributed by atoms with E-state index in [0.717, 1.165) is 16.8 Å². The van der Waals surface area contributed by atoms with Crippen LogP contribution in [0.2, 0.25) is 0 Å². The molecule has 3 rings (SSSR count). The fraction of sp³-hybridized carbons (Fsp3) is 0.273. The van der Waals surface area contributed by atoms with Crippen LogP contribution >= 0.6 is 11.3 Å². The van der Waals surface area contributed by atoms with Crippen molar-refractivity contribution >= 4 is 22.4 Å². The number of amides is 1. The van der Waals surface area contributed by atoms with Gasteiger partial charge in [-0.15, -0.1) is 11.3 Å². The van der Waals surface area contributed by atoms with Crippen molar-refractivity contribution in [3.05, 3.63) is 58.0 Å². The summed E-state index contributed by atoms with van der Waals surface area (Å²) in [6.45, 7) is 6.26. The second-order valence-electron chi connectivity index (χ2n) is 6.73. The van der Waals surface area contributed by atoms with E-state index in [1.54, 1.807) is 20.3 Å². The molecule has 0 aliphatic heterocycles. The largest absolute Gasteiger partial charge is 0.493 e. The number of carbonyl (C=O) groups is 1. The van der Waals surface area contributed by atoms with E-state index in [1.807, 2.05) is 17.5 Å². The third kappa shape index (κ3) is 4.34. The first-order valence-corrected chi connectivity index (χ1v) is 9.83. The zero-order valence-electron chi connectivity index (χ0n) is 16.8. The molecule has 2 aromatic carbocycles. The molecular formula is C22H24N2O3S. The van der Waals surface area contributed by atoms with E-state index in [0.29, 0.717) is 16.6 Å². The predicted molar refractivity (Wildman–Crippen MR) is 114 cm³/mol. The maximum Gasteiger partial charge on any atom is 0.230 e. The summed E-state index contributed by atoms with van der Waals surface area (Å²) < 4.78 is 10.5. The first kappa shape index (κ1) is 19.9. The van der Waals surface area contributed by atoms with Gasteiger partial charge in [-0.1, -0.05) is 23.8 Å². The lowest BCUT2D eigenvalue weighted by Gasteiger charge is -2.09. The molecule has 1 amide bonds. The summed E-state index contributed by atoms with van der Waals surface area (Å²) >= 11 is 1.43. The van der Waals surface area contributed by atoms with Gasteiger partial charge >= 0.3 is 0 Å². The lowest BCUT2D eigenvalue weighted by atomic mass is 9.98. The van der Waals surface area contributed by atoms with Crippen LogP contribution in [0.4, 0.5) is 5.13 Å². The van der Waals surface area contributed by atoms with Crippen molar-refractivity contribution in [3.8, 4) is 22.8 Å². The highest BCUT2D eigenvalue weighted by Crippen LogP contribution is 2.31. The molecule has 0 aliphatic rings. The molecule has 0 unspecified atom stereocenters. The number of benzene rings is 2. The molecule has 5 nitrogen and oxygen atoms in total. The van der Waals surface area contributed by atoms with Gasteiger partial charge < -0.3 is 14.8 Å². The van der Waals surface area contributed by atoms with E-state index in [1.165, 1.54) is 28.0 Å². The third-order valence-electron chi connectivity index (χ3n) is 4.50. The van der Waals surface area contributed by atoms with Gasteiger partial charge in [0.15, 0.2) is 16.6 Å². The monoisotopic (exact) mass is 396 g/mol. The third-order valence-corrected chi connectivity index (χ3v) is 5.25. The van der Waals surface area contributed by atoms with Crippen LogP contribution in [0.3, 0.4) is 0 Å². The topological polar surface area (TPSA) is 60.5 Å². The highest BCUT2D eigenvalue weighted by Gasteiger charge is 2.13. The molecule has 6 heteroatoms. The standard InChI is InChI=1S/C22H24N2O3S/c1-13-8-14(2)21(15(3)9-13)17-12-28-22(23-17)24-20(25)11-16-6-7-18(26-4)19(10-16)27-5/h6-10,12H,11H2,1-5H3,(H,23,24,25). The van der Waals surface area contributed by atoms with E-state index in [-0.39, 0.29) is 12.3 Å². The number of ether oxygens (including phenoxy) is 2. The van der Waals surface area contributed by atoms with Crippen LogP contribution in [0.5, 0.6) is 11.5 Å². The zero-order valence-corrected chi connectivity index (χ0v) is 17.6. The minimum Gasteiger partial charge on any atom is -0.493 e. The van der Waals surface area contributed by atoms with Gasteiger partial charge in [-0.3, -0.25) is 4.79 Å². The molecule has 0 aliphatic carbocycles. The van der Waals surface area contributed by atoms with Gasteiger partial charge in [-0.2, -0.15) is 0 Å². The minimum atomic E-state index is -0.120. The van der Waals surface area contributed by atoms with E-state index < -0.39 is 0 Å². The smallest absolute Gasteiger partial charge is 0.230 e. The normalized spacial score (nSPS) is 10.6. The summed E-state index contributed by atoms with van der Waals surface area (Å²) in [5, 5.41) is 5.47. The van der Waals surface area contributed by atoms with Crippen molar-refractivity contribution in [2.45, 2.75) is 27.2 Å². The minimum absolute atomic E-state index is 0.120. The van der Waals surface area contributed by atoms with Crippen molar-refractivity contribution in [2.24, 2.45) is 0 Å². The van der Waals surface area contributed by atoms with Crippen LogP contribution in [0.1, 0.15) is 22.3 Å². The van der Waals surface area contributed by atoms with Crippen LogP contribution in [0, 0.1) is 20.8 Å². The van der Waals surface area contributed by atoms with Crippen LogP contribution in [-0.2, 0) is 11.2 Å². The van der Waals surface area contributed by atoms with Gasteiger partial charge in [0.1, 0.15) is 0 Å². The molecule has 146 valence electrons. The van der Waals surface area contributed by atoms with Gasteiger partial charge in [-0.05, 0) is 49.6 Å². The quantitative estimate of drug-likeness (QED) is 0.641. The van der Waals surface area contributed by atoms with Gasteiger partial charge in [-0.25, -0.2) is 4.98 Å². The Morgan fingerprint density at radius 3 is 2.36 bits per heavy atom. The highest BCUT2D eigenvalue weighted by molar-refractivity contribution is 7.14. The molecule has 1 aromatic heterocycles. The Morgan fingerprint density at radius 2 is 1.71 bits per heavy atom. The Hall–Kier alpha value is -2.86. The molecular weight excluding hydrogens is 372 g/mol. The number of aryl methyl sites for hydroxylation is 3. The maximum absolute atomic E-state index is 12.4. The van der Waals surface area contributed by atoms with Gasteiger partial charge in [0.25, 0.3) is 0 Å².